The van der Waals surface area contributed by atoms with Gasteiger partial charge in [0.25, 0.3) is 0 Å². The van der Waals surface area contributed by atoms with Crippen LogP contribution in [0.5, 0.6) is 0 Å². The molecule has 1 saturated heterocycles. The van der Waals surface area contributed by atoms with Crippen molar-refractivity contribution in [3.05, 3.63) is 35.0 Å². The van der Waals surface area contributed by atoms with E-state index in [1.54, 1.807) is 18.4 Å². The number of hydrogen-bond donors (Lipinski definition) is 1. The molecule has 0 bridgehead atoms. The molecule has 1 atom stereocenters. The number of methoxy groups -OCH3 is 1. The van der Waals surface area contributed by atoms with Crippen molar-refractivity contribution in [2.75, 3.05) is 38.7 Å². The van der Waals surface area contributed by atoms with E-state index in [0.29, 0.717) is 12.0 Å². The largest absolute Gasteiger partial charge is 0.385 e. The zero-order valence-corrected chi connectivity index (χ0v) is 21.4. The molecule has 0 amide bonds. The lowest BCUT2D eigenvalue weighted by Gasteiger charge is -2.42. The van der Waals surface area contributed by atoms with Crippen LogP contribution < -0.4 is 5.32 Å². The van der Waals surface area contributed by atoms with Crippen molar-refractivity contribution in [1.29, 1.82) is 0 Å². The van der Waals surface area contributed by atoms with Crippen molar-refractivity contribution in [3.63, 3.8) is 0 Å². The number of para-hydroxylation sites is 2. The van der Waals surface area contributed by atoms with Crippen LogP contribution in [-0.4, -0.2) is 66.1 Å². The fraction of sp³-hybridized carbons (Fsp3) is 0.565. The van der Waals surface area contributed by atoms with Gasteiger partial charge in [0.2, 0.25) is 0 Å². The highest BCUT2D eigenvalue weighted by Gasteiger charge is 2.39. The highest BCUT2D eigenvalue weighted by molar-refractivity contribution is 7.16. The molecular formula is C23H33Cl2N5OS. The third kappa shape index (κ3) is 5.07. The zero-order valence-electron chi connectivity index (χ0n) is 18.9. The van der Waals surface area contributed by atoms with Crippen molar-refractivity contribution >= 4 is 58.4 Å². The Morgan fingerprint density at radius 1 is 1.19 bits per heavy atom. The zero-order chi connectivity index (χ0) is 20.7. The van der Waals surface area contributed by atoms with Gasteiger partial charge in [0.15, 0.2) is 5.84 Å². The minimum atomic E-state index is 0. The number of aliphatic imine (C=N–C) groups is 1. The Bertz CT molecular complexity index is 946. The fourth-order valence-corrected chi connectivity index (χ4v) is 5.44. The van der Waals surface area contributed by atoms with Gasteiger partial charge in [-0.15, -0.1) is 36.2 Å². The summed E-state index contributed by atoms with van der Waals surface area (Å²) in [4.78, 5) is 15.4. The van der Waals surface area contributed by atoms with Crippen LogP contribution in [0.15, 0.2) is 29.3 Å². The first-order chi connectivity index (χ1) is 14.6. The first-order valence-electron chi connectivity index (χ1n) is 11.1. The molecule has 5 rings (SSSR count). The normalized spacial score (nSPS) is 20.3. The third-order valence-corrected chi connectivity index (χ3v) is 7.50. The lowest BCUT2D eigenvalue weighted by atomic mass is 10.1. The molecule has 1 N–H and O–H groups in total. The van der Waals surface area contributed by atoms with E-state index in [-0.39, 0.29) is 24.8 Å². The maximum absolute atomic E-state index is 5.43. The van der Waals surface area contributed by atoms with Gasteiger partial charge in [-0.05, 0) is 31.4 Å². The average Bonchev–Trinajstić information content (AvgIpc) is 3.53. The Kier molecular flexibility index (Phi) is 8.44. The highest BCUT2D eigenvalue weighted by atomic mass is 35.5. The number of anilines is 2. The smallest absolute Gasteiger partial charge is 0.158 e. The quantitative estimate of drug-likeness (QED) is 0.596. The Balaban J connectivity index is 0.00000144. The number of benzene rings is 1. The number of nitrogens with one attached hydrogen (secondary N) is 1. The lowest BCUT2D eigenvalue weighted by Crippen LogP contribution is -2.55. The van der Waals surface area contributed by atoms with Crippen molar-refractivity contribution in [2.45, 2.75) is 51.1 Å². The summed E-state index contributed by atoms with van der Waals surface area (Å²) in [6.45, 7) is 8.28. The second kappa shape index (κ2) is 10.7. The van der Waals surface area contributed by atoms with Gasteiger partial charge >= 0.3 is 0 Å². The molecule has 1 aromatic heterocycles. The first kappa shape index (κ1) is 25.2. The third-order valence-electron chi connectivity index (χ3n) is 6.23. The van der Waals surface area contributed by atoms with Gasteiger partial charge in [0.05, 0.1) is 16.4 Å². The SMILES string of the molecule is COCCC1CN(C2=Nc3ccccc3Nc3sc(C(C)C)nc32)CCN1C1CC1.Cl.Cl. The van der Waals surface area contributed by atoms with Crippen LogP contribution in [0.4, 0.5) is 16.4 Å². The number of piperazine rings is 1. The lowest BCUT2D eigenvalue weighted by molar-refractivity contribution is 0.0746. The van der Waals surface area contributed by atoms with Gasteiger partial charge in [-0.3, -0.25) is 4.90 Å². The summed E-state index contributed by atoms with van der Waals surface area (Å²) in [5, 5.41) is 5.89. The summed E-state index contributed by atoms with van der Waals surface area (Å²) in [7, 11) is 1.80. The molecule has 1 aromatic carbocycles. The van der Waals surface area contributed by atoms with Gasteiger partial charge in [-0.25, -0.2) is 9.98 Å². The molecule has 2 aliphatic heterocycles. The number of thiazole rings is 1. The van der Waals surface area contributed by atoms with Gasteiger partial charge < -0.3 is 15.0 Å². The number of amidine groups is 1. The summed E-state index contributed by atoms with van der Waals surface area (Å²) >= 11 is 1.76. The van der Waals surface area contributed by atoms with Gasteiger partial charge in [0.1, 0.15) is 10.7 Å². The Hall–Kier alpha value is -1.38. The summed E-state index contributed by atoms with van der Waals surface area (Å²) in [5.41, 5.74) is 3.05. The predicted octanol–water partition coefficient (Wildman–Crippen LogP) is 5.43. The van der Waals surface area contributed by atoms with E-state index in [9.17, 15) is 0 Å². The van der Waals surface area contributed by atoms with Gasteiger partial charge in [-0.2, -0.15) is 0 Å². The van der Waals surface area contributed by atoms with Crippen molar-refractivity contribution < 1.29 is 4.74 Å². The molecule has 32 heavy (non-hydrogen) atoms. The minimum Gasteiger partial charge on any atom is -0.385 e. The van der Waals surface area contributed by atoms with Crippen molar-refractivity contribution in [1.82, 2.24) is 14.8 Å². The topological polar surface area (TPSA) is 53.0 Å². The molecule has 0 radical (unpaired) electrons. The predicted molar refractivity (Wildman–Crippen MR) is 138 cm³/mol. The number of nitrogens with zero attached hydrogens (tertiary/aromatic N) is 4. The maximum Gasteiger partial charge on any atom is 0.158 e. The molecule has 2 fully saturated rings. The number of rotatable bonds is 5. The summed E-state index contributed by atoms with van der Waals surface area (Å²) < 4.78 is 5.43. The molecule has 9 heteroatoms. The second-order valence-electron chi connectivity index (χ2n) is 8.81. The summed E-state index contributed by atoms with van der Waals surface area (Å²) in [6.07, 6.45) is 3.75. The minimum absolute atomic E-state index is 0. The monoisotopic (exact) mass is 497 g/mol. The van der Waals surface area contributed by atoms with E-state index in [0.717, 1.165) is 71.6 Å². The van der Waals surface area contributed by atoms with Crippen LogP contribution >= 0.6 is 36.2 Å². The molecule has 176 valence electrons. The van der Waals surface area contributed by atoms with Crippen molar-refractivity contribution in [3.8, 4) is 0 Å². The fourth-order valence-electron chi connectivity index (χ4n) is 4.47. The van der Waals surface area contributed by atoms with E-state index in [1.165, 1.54) is 12.8 Å². The van der Waals surface area contributed by atoms with Crippen LogP contribution in [0.25, 0.3) is 0 Å². The van der Waals surface area contributed by atoms with Crippen LogP contribution in [0.1, 0.15) is 49.7 Å². The Morgan fingerprint density at radius 2 is 1.97 bits per heavy atom. The summed E-state index contributed by atoms with van der Waals surface area (Å²) in [6, 6.07) is 9.59. The standard InChI is InChI=1S/C23H31N5OS.2ClH/c1-15(2)22-26-20-21(24-18-6-4-5-7-19(18)25-23(20)30-22)27-11-12-28(16-8-9-16)17(14-27)10-13-29-3;;/h4-7,15-17,25H,8-14H2,1-3H3;2*1H. The molecular weight excluding hydrogens is 465 g/mol. The molecule has 3 heterocycles. The highest BCUT2D eigenvalue weighted by Crippen LogP contribution is 2.40. The van der Waals surface area contributed by atoms with Crippen molar-refractivity contribution in [2.24, 2.45) is 4.99 Å². The average molecular weight is 499 g/mol. The molecule has 1 saturated carbocycles. The molecule has 0 spiro atoms. The summed E-state index contributed by atoms with van der Waals surface area (Å²) in [5.74, 6) is 1.42. The molecule has 1 aliphatic carbocycles. The second-order valence-corrected chi connectivity index (χ2v) is 9.84. The molecule has 3 aliphatic rings. The van der Waals surface area contributed by atoms with E-state index in [4.69, 9.17) is 14.7 Å². The van der Waals surface area contributed by atoms with E-state index in [2.05, 4.69) is 53.2 Å². The molecule has 1 unspecified atom stereocenters. The number of ether oxygens (including phenoxy) is 1. The number of halogens is 2. The van der Waals surface area contributed by atoms with E-state index >= 15 is 0 Å². The number of aromatic nitrogens is 1. The van der Waals surface area contributed by atoms with Gasteiger partial charge in [0, 0.05) is 51.4 Å². The Labute approximate surface area is 207 Å². The van der Waals surface area contributed by atoms with Gasteiger partial charge in [-0.1, -0.05) is 26.0 Å². The number of fused-ring (bicyclic) bond motifs is 2. The molecule has 2 aromatic rings. The Morgan fingerprint density at radius 3 is 2.69 bits per heavy atom. The van der Waals surface area contributed by atoms with Crippen LogP contribution in [0.3, 0.4) is 0 Å². The van der Waals surface area contributed by atoms with E-state index in [1.807, 2.05) is 0 Å². The van der Waals surface area contributed by atoms with E-state index < -0.39 is 0 Å². The van der Waals surface area contributed by atoms with Crippen LogP contribution in [-0.2, 0) is 4.74 Å². The molecule has 6 nitrogen and oxygen atoms in total. The number of hydrogen-bond acceptors (Lipinski definition) is 7. The van der Waals surface area contributed by atoms with Crippen LogP contribution in [0.2, 0.25) is 0 Å². The van der Waals surface area contributed by atoms with Crippen LogP contribution in [0, 0.1) is 0 Å². The first-order valence-corrected chi connectivity index (χ1v) is 11.9. The maximum atomic E-state index is 5.43.